The molecule has 1 rings (SSSR count). The molecule has 0 bridgehead atoms. The Morgan fingerprint density at radius 2 is 2.33 bits per heavy atom. The first kappa shape index (κ1) is 13.9. The highest BCUT2D eigenvalue weighted by Crippen LogP contribution is 2.25. The van der Waals surface area contributed by atoms with E-state index in [1.807, 2.05) is 0 Å². The summed E-state index contributed by atoms with van der Waals surface area (Å²) in [6.45, 7) is 5.07. The maximum atomic E-state index is 11.7. The highest BCUT2D eigenvalue weighted by molar-refractivity contribution is 5.95. The Bertz CT molecular complexity index is 485. The molecule has 0 saturated carbocycles. The molecule has 1 atom stereocenters. The predicted octanol–water partition coefficient (Wildman–Crippen LogP) is 1.75. The molecule has 6 nitrogen and oxygen atoms in total. The Morgan fingerprint density at radius 3 is 2.89 bits per heavy atom. The molecule has 1 amide bonds. The number of anilines is 1. The minimum Gasteiger partial charge on any atom is -0.324 e. The number of nitrogens with two attached hydrogens (primary N) is 1. The van der Waals surface area contributed by atoms with E-state index in [2.05, 4.69) is 11.9 Å². The van der Waals surface area contributed by atoms with Gasteiger partial charge in [0, 0.05) is 6.07 Å². The molecule has 0 aromatic heterocycles. The Balaban J connectivity index is 2.92. The van der Waals surface area contributed by atoms with Gasteiger partial charge in [0.15, 0.2) is 0 Å². The molecule has 18 heavy (non-hydrogen) atoms. The van der Waals surface area contributed by atoms with E-state index in [4.69, 9.17) is 5.73 Å². The van der Waals surface area contributed by atoms with Crippen LogP contribution in [0.3, 0.4) is 0 Å². The van der Waals surface area contributed by atoms with Gasteiger partial charge in [-0.1, -0.05) is 12.1 Å². The van der Waals surface area contributed by atoms with Gasteiger partial charge in [-0.05, 0) is 19.4 Å². The summed E-state index contributed by atoms with van der Waals surface area (Å²) in [5, 5.41) is 13.3. The molecule has 3 N–H and O–H groups in total. The Labute approximate surface area is 105 Å². The third-order valence-electron chi connectivity index (χ3n) is 2.52. The van der Waals surface area contributed by atoms with Gasteiger partial charge in [-0.15, -0.1) is 6.58 Å². The number of nitrogens with zero attached hydrogens (tertiary/aromatic N) is 1. The first-order valence-electron chi connectivity index (χ1n) is 5.38. The van der Waals surface area contributed by atoms with Crippen LogP contribution in [0.25, 0.3) is 0 Å². The fraction of sp³-hybridized carbons (Fsp3) is 0.250. The lowest BCUT2D eigenvalue weighted by atomic mass is 10.1. The van der Waals surface area contributed by atoms with Crippen molar-refractivity contribution in [2.45, 2.75) is 19.4 Å². The molecule has 0 aliphatic carbocycles. The lowest BCUT2D eigenvalue weighted by Crippen LogP contribution is -2.35. The minimum atomic E-state index is -0.707. The maximum Gasteiger partial charge on any atom is 0.274 e. The predicted molar refractivity (Wildman–Crippen MR) is 69.3 cm³/mol. The number of carbonyl (C=O) groups excluding carboxylic acids is 1. The number of nitro groups is 1. The molecule has 0 aliphatic heterocycles. The van der Waals surface area contributed by atoms with Crippen LogP contribution in [0.15, 0.2) is 30.9 Å². The molecule has 0 saturated heterocycles. The van der Waals surface area contributed by atoms with Gasteiger partial charge in [0.05, 0.1) is 22.2 Å². The summed E-state index contributed by atoms with van der Waals surface area (Å²) in [6.07, 6.45) is 1.89. The van der Waals surface area contributed by atoms with Crippen molar-refractivity contribution in [2.24, 2.45) is 5.73 Å². The number of nitrogens with one attached hydrogen (secondary N) is 1. The van der Waals surface area contributed by atoms with Crippen molar-refractivity contribution in [3.05, 3.63) is 46.5 Å². The molecule has 1 aromatic carbocycles. The number of nitro benzene ring substituents is 1. The minimum absolute atomic E-state index is 0.0370. The monoisotopic (exact) mass is 249 g/mol. The quantitative estimate of drug-likeness (QED) is 0.471. The van der Waals surface area contributed by atoms with Crippen LogP contribution in [0.5, 0.6) is 0 Å². The van der Waals surface area contributed by atoms with Gasteiger partial charge in [0.1, 0.15) is 0 Å². The van der Waals surface area contributed by atoms with Crippen LogP contribution < -0.4 is 11.1 Å². The van der Waals surface area contributed by atoms with Crippen molar-refractivity contribution in [1.29, 1.82) is 0 Å². The van der Waals surface area contributed by atoms with Gasteiger partial charge < -0.3 is 11.1 Å². The molecule has 0 heterocycles. The summed E-state index contributed by atoms with van der Waals surface area (Å²) in [6, 6.07) is 3.79. The van der Waals surface area contributed by atoms with Crippen molar-refractivity contribution in [3.8, 4) is 0 Å². The number of rotatable bonds is 5. The molecular formula is C12H15N3O3. The standard InChI is InChI=1S/C12H15N3O3/c1-3-5-9(13)12(16)14-10-6-4-7-11(8(10)2)15(17)18/h3-4,6-7,9H,1,5,13H2,2H3,(H,14,16). The van der Waals surface area contributed by atoms with E-state index in [0.717, 1.165) is 0 Å². The van der Waals surface area contributed by atoms with E-state index >= 15 is 0 Å². The molecule has 0 fully saturated rings. The highest BCUT2D eigenvalue weighted by atomic mass is 16.6. The lowest BCUT2D eigenvalue weighted by Gasteiger charge is -2.12. The summed E-state index contributed by atoms with van der Waals surface area (Å²) in [5.41, 5.74) is 6.37. The van der Waals surface area contributed by atoms with Gasteiger partial charge >= 0.3 is 0 Å². The topological polar surface area (TPSA) is 98.3 Å². The van der Waals surface area contributed by atoms with Crippen LogP contribution in [0.4, 0.5) is 11.4 Å². The van der Waals surface area contributed by atoms with Crippen LogP contribution in [-0.4, -0.2) is 16.9 Å². The lowest BCUT2D eigenvalue weighted by molar-refractivity contribution is -0.385. The summed E-state index contributed by atoms with van der Waals surface area (Å²) in [4.78, 5) is 21.9. The third-order valence-corrected chi connectivity index (χ3v) is 2.52. The number of hydrogen-bond acceptors (Lipinski definition) is 4. The summed E-state index contributed by atoms with van der Waals surface area (Å²) in [5.74, 6) is -0.390. The van der Waals surface area contributed by atoms with E-state index in [9.17, 15) is 14.9 Å². The van der Waals surface area contributed by atoms with Crippen LogP contribution in [0, 0.1) is 17.0 Å². The normalized spacial score (nSPS) is 11.7. The number of hydrogen-bond donors (Lipinski definition) is 2. The van der Waals surface area contributed by atoms with Crippen LogP contribution >= 0.6 is 0 Å². The van der Waals surface area contributed by atoms with E-state index in [-0.39, 0.29) is 5.69 Å². The Morgan fingerprint density at radius 1 is 1.67 bits per heavy atom. The van der Waals surface area contributed by atoms with Gasteiger partial charge in [-0.2, -0.15) is 0 Å². The summed E-state index contributed by atoms with van der Waals surface area (Å²) >= 11 is 0. The average molecular weight is 249 g/mol. The van der Waals surface area contributed by atoms with Crippen molar-refractivity contribution >= 4 is 17.3 Å². The SMILES string of the molecule is C=CCC(N)C(=O)Nc1cccc([N+](=O)[O-])c1C. The summed E-state index contributed by atoms with van der Waals surface area (Å²) in [7, 11) is 0. The van der Waals surface area contributed by atoms with Gasteiger partial charge in [0.25, 0.3) is 5.69 Å². The number of benzene rings is 1. The molecule has 6 heteroatoms. The smallest absolute Gasteiger partial charge is 0.274 e. The highest BCUT2D eigenvalue weighted by Gasteiger charge is 2.17. The first-order valence-corrected chi connectivity index (χ1v) is 5.38. The molecule has 0 spiro atoms. The average Bonchev–Trinajstić information content (AvgIpc) is 2.31. The summed E-state index contributed by atoms with van der Waals surface area (Å²) < 4.78 is 0. The van der Waals surface area contributed by atoms with Gasteiger partial charge in [0.2, 0.25) is 5.91 Å². The molecule has 0 radical (unpaired) electrons. The van der Waals surface area contributed by atoms with E-state index < -0.39 is 16.9 Å². The second kappa shape index (κ2) is 5.92. The van der Waals surface area contributed by atoms with Crippen LogP contribution in [0.2, 0.25) is 0 Å². The van der Waals surface area contributed by atoms with Crippen molar-refractivity contribution in [1.82, 2.24) is 0 Å². The van der Waals surface area contributed by atoms with E-state index in [0.29, 0.717) is 17.7 Å². The van der Waals surface area contributed by atoms with E-state index in [1.165, 1.54) is 12.1 Å². The van der Waals surface area contributed by atoms with E-state index in [1.54, 1.807) is 19.1 Å². The Hall–Kier alpha value is -2.21. The molecule has 0 aliphatic rings. The van der Waals surface area contributed by atoms with Crippen molar-refractivity contribution in [2.75, 3.05) is 5.32 Å². The number of carbonyl (C=O) groups is 1. The van der Waals surface area contributed by atoms with Crippen molar-refractivity contribution < 1.29 is 9.72 Å². The second-order valence-electron chi connectivity index (χ2n) is 3.83. The van der Waals surface area contributed by atoms with Crippen LogP contribution in [0.1, 0.15) is 12.0 Å². The zero-order valence-electron chi connectivity index (χ0n) is 10.1. The molecule has 1 aromatic rings. The van der Waals surface area contributed by atoms with Gasteiger partial charge in [-0.25, -0.2) is 0 Å². The Kier molecular flexibility index (Phi) is 4.56. The van der Waals surface area contributed by atoms with Gasteiger partial charge in [-0.3, -0.25) is 14.9 Å². The second-order valence-corrected chi connectivity index (χ2v) is 3.83. The fourth-order valence-electron chi connectivity index (χ4n) is 1.47. The zero-order valence-corrected chi connectivity index (χ0v) is 10.1. The zero-order chi connectivity index (χ0) is 13.7. The van der Waals surface area contributed by atoms with Crippen LogP contribution in [-0.2, 0) is 4.79 Å². The molecule has 1 unspecified atom stereocenters. The molecule has 96 valence electrons. The van der Waals surface area contributed by atoms with Crippen molar-refractivity contribution in [3.63, 3.8) is 0 Å². The maximum absolute atomic E-state index is 11.7. The molecular weight excluding hydrogens is 234 g/mol. The largest absolute Gasteiger partial charge is 0.324 e. The third kappa shape index (κ3) is 3.14. The fourth-order valence-corrected chi connectivity index (χ4v) is 1.47. The number of amides is 1. The first-order chi connectivity index (χ1) is 8.47.